The van der Waals surface area contributed by atoms with Crippen LogP contribution in [0.15, 0.2) is 0 Å². The van der Waals surface area contributed by atoms with Crippen molar-refractivity contribution in [3.63, 3.8) is 0 Å². The summed E-state index contributed by atoms with van der Waals surface area (Å²) in [7, 11) is 1.58. The zero-order chi connectivity index (χ0) is 12.8. The van der Waals surface area contributed by atoms with Gasteiger partial charge in [-0.1, -0.05) is 0 Å². The van der Waals surface area contributed by atoms with Gasteiger partial charge in [-0.25, -0.2) is 0 Å². The first kappa shape index (κ1) is 14.9. The van der Waals surface area contributed by atoms with Crippen molar-refractivity contribution in [3.05, 3.63) is 0 Å². The van der Waals surface area contributed by atoms with Gasteiger partial charge in [0.2, 0.25) is 0 Å². The number of aliphatic hydroxyl groups excluding tert-OH is 2. The lowest BCUT2D eigenvalue weighted by Gasteiger charge is -2.22. The summed E-state index contributed by atoms with van der Waals surface area (Å²) in [6.07, 6.45) is -0.119. The van der Waals surface area contributed by atoms with Gasteiger partial charge in [-0.3, -0.25) is 0 Å². The lowest BCUT2D eigenvalue weighted by Crippen LogP contribution is -2.34. The molecule has 0 amide bonds. The van der Waals surface area contributed by atoms with Gasteiger partial charge in [-0.15, -0.1) is 0 Å². The van der Waals surface area contributed by atoms with Crippen LogP contribution in [0.25, 0.3) is 0 Å². The molecule has 0 spiro atoms. The van der Waals surface area contributed by atoms with Crippen LogP contribution >= 0.6 is 12.6 Å². The van der Waals surface area contributed by atoms with Crippen molar-refractivity contribution in [3.8, 4) is 0 Å². The third-order valence-corrected chi connectivity index (χ3v) is 3.56. The maximum atomic E-state index is 10.6. The minimum Gasteiger partial charge on any atom is -0.394 e. The summed E-state index contributed by atoms with van der Waals surface area (Å²) in [6.45, 7) is -0.305. The largest absolute Gasteiger partial charge is 0.394 e. The number of aldehydes is 1. The Morgan fingerprint density at radius 3 is 2.71 bits per heavy atom. The Balaban J connectivity index is 2.67. The van der Waals surface area contributed by atoms with E-state index in [9.17, 15) is 9.90 Å². The van der Waals surface area contributed by atoms with Gasteiger partial charge in [0, 0.05) is 25.9 Å². The molecule has 1 heterocycles. The van der Waals surface area contributed by atoms with E-state index in [-0.39, 0.29) is 30.8 Å². The topological polar surface area (TPSA) is 76.0 Å². The summed E-state index contributed by atoms with van der Waals surface area (Å²) in [4.78, 5) is 10.6. The second kappa shape index (κ2) is 7.33. The number of thiol groups is 1. The second-order valence-electron chi connectivity index (χ2n) is 4.23. The third-order valence-electron chi connectivity index (χ3n) is 3.14. The van der Waals surface area contributed by atoms with E-state index in [4.69, 9.17) is 14.6 Å². The van der Waals surface area contributed by atoms with E-state index in [0.29, 0.717) is 18.6 Å². The fraction of sp³-hybridized carbons (Fsp3) is 0.909. The molecule has 1 rings (SSSR count). The molecule has 0 saturated carbocycles. The van der Waals surface area contributed by atoms with Crippen molar-refractivity contribution < 1.29 is 24.5 Å². The van der Waals surface area contributed by atoms with Gasteiger partial charge in [-0.05, 0) is 5.75 Å². The van der Waals surface area contributed by atoms with Crippen LogP contribution in [0.3, 0.4) is 0 Å². The molecule has 0 aromatic carbocycles. The number of methoxy groups -OCH3 is 1. The first-order valence-corrected chi connectivity index (χ1v) is 6.32. The molecule has 1 fully saturated rings. The summed E-state index contributed by atoms with van der Waals surface area (Å²) in [5, 5.41) is 18.3. The zero-order valence-corrected chi connectivity index (χ0v) is 10.8. The lowest BCUT2D eigenvalue weighted by molar-refractivity contribution is -0.111. The van der Waals surface area contributed by atoms with Gasteiger partial charge < -0.3 is 24.5 Å². The Kier molecular flexibility index (Phi) is 6.43. The van der Waals surface area contributed by atoms with E-state index in [1.165, 1.54) is 0 Å². The maximum Gasteiger partial charge on any atom is 0.122 e. The zero-order valence-electron chi connectivity index (χ0n) is 9.86. The molecule has 0 bridgehead atoms. The number of aliphatic hydroxyl groups is 2. The van der Waals surface area contributed by atoms with Crippen LogP contribution in [0.5, 0.6) is 0 Å². The Labute approximate surface area is 107 Å². The van der Waals surface area contributed by atoms with Crippen molar-refractivity contribution in [1.29, 1.82) is 0 Å². The molecule has 1 saturated heterocycles. The number of hydrogen-bond acceptors (Lipinski definition) is 6. The summed E-state index contributed by atoms with van der Waals surface area (Å²) >= 11 is 4.25. The second-order valence-corrected chi connectivity index (χ2v) is 4.60. The third kappa shape index (κ3) is 3.66. The molecule has 0 aromatic rings. The van der Waals surface area contributed by atoms with Crippen molar-refractivity contribution in [2.45, 2.75) is 37.3 Å². The minimum absolute atomic E-state index is 0.0319. The van der Waals surface area contributed by atoms with Crippen LogP contribution in [0.2, 0.25) is 0 Å². The summed E-state index contributed by atoms with van der Waals surface area (Å²) in [5.41, 5.74) is 0. The molecule has 2 unspecified atom stereocenters. The van der Waals surface area contributed by atoms with Crippen LogP contribution in [0.1, 0.15) is 12.8 Å². The van der Waals surface area contributed by atoms with Crippen molar-refractivity contribution >= 4 is 18.9 Å². The van der Waals surface area contributed by atoms with Gasteiger partial charge in [0.25, 0.3) is 0 Å². The highest BCUT2D eigenvalue weighted by atomic mass is 32.1. The number of carbonyl (C=O) groups excluding carboxylic acids is 1. The molecule has 5 atom stereocenters. The van der Waals surface area contributed by atoms with Crippen molar-refractivity contribution in [2.75, 3.05) is 19.5 Å². The molecule has 0 radical (unpaired) electrons. The maximum absolute atomic E-state index is 10.6. The number of rotatable bonds is 7. The Hall–Kier alpha value is -0.140. The Bertz CT molecular complexity index is 238. The fourth-order valence-corrected chi connectivity index (χ4v) is 2.74. The number of hydrogen-bond donors (Lipinski definition) is 3. The number of carbonyl (C=O) groups is 1. The highest BCUT2D eigenvalue weighted by Crippen LogP contribution is 2.33. The first-order valence-electron chi connectivity index (χ1n) is 5.69. The van der Waals surface area contributed by atoms with Crippen LogP contribution in [0, 0.1) is 5.92 Å². The van der Waals surface area contributed by atoms with Crippen LogP contribution in [-0.2, 0) is 14.3 Å². The molecule has 100 valence electrons. The average molecular weight is 264 g/mol. The van der Waals surface area contributed by atoms with Gasteiger partial charge >= 0.3 is 0 Å². The monoisotopic (exact) mass is 264 g/mol. The normalized spacial score (nSPS) is 34.8. The molecular formula is C11H20O5S. The van der Waals surface area contributed by atoms with E-state index in [1.54, 1.807) is 7.11 Å². The predicted octanol–water partition coefficient (Wildman–Crippen LogP) is -0.353. The van der Waals surface area contributed by atoms with E-state index >= 15 is 0 Å². The highest BCUT2D eigenvalue weighted by Gasteiger charge is 2.44. The first-order chi connectivity index (χ1) is 8.17. The highest BCUT2D eigenvalue weighted by molar-refractivity contribution is 7.80. The van der Waals surface area contributed by atoms with E-state index in [2.05, 4.69) is 12.6 Å². The molecule has 1 aliphatic heterocycles. The van der Waals surface area contributed by atoms with E-state index in [1.807, 2.05) is 0 Å². The minimum atomic E-state index is -0.826. The summed E-state index contributed by atoms with van der Waals surface area (Å²) in [5.74, 6) is 0.590. The summed E-state index contributed by atoms with van der Waals surface area (Å²) in [6, 6.07) is 0. The van der Waals surface area contributed by atoms with Crippen LogP contribution in [-0.4, -0.2) is 60.4 Å². The van der Waals surface area contributed by atoms with E-state index < -0.39 is 6.10 Å². The lowest BCUT2D eigenvalue weighted by atomic mass is 9.94. The average Bonchev–Trinajstić information content (AvgIpc) is 2.66. The van der Waals surface area contributed by atoms with Gasteiger partial charge in [0.15, 0.2) is 0 Å². The molecule has 2 N–H and O–H groups in total. The quantitative estimate of drug-likeness (QED) is 0.433. The van der Waals surface area contributed by atoms with Gasteiger partial charge in [-0.2, -0.15) is 12.6 Å². The molecule has 0 aliphatic carbocycles. The molecule has 17 heavy (non-hydrogen) atoms. The molecule has 5 nitrogen and oxygen atoms in total. The predicted molar refractivity (Wildman–Crippen MR) is 65.2 cm³/mol. The Morgan fingerprint density at radius 1 is 1.53 bits per heavy atom. The standard InChI is InChI=1S/C11H20O5S/c1-15-11-8(6-17)9(2-3-12)16-10(11)4-7(14)5-13/h3,7-11,13-14,17H,2,4-6H2,1H3/t7?,8?,9-,10+,11+/m0/s1. The number of ether oxygens (including phenoxy) is 2. The Morgan fingerprint density at radius 2 is 2.24 bits per heavy atom. The molecular weight excluding hydrogens is 244 g/mol. The summed E-state index contributed by atoms with van der Waals surface area (Å²) < 4.78 is 11.1. The molecule has 0 aromatic heterocycles. The van der Waals surface area contributed by atoms with Crippen molar-refractivity contribution in [1.82, 2.24) is 0 Å². The van der Waals surface area contributed by atoms with Gasteiger partial charge in [0.1, 0.15) is 6.29 Å². The van der Waals surface area contributed by atoms with E-state index in [0.717, 1.165) is 6.29 Å². The fourth-order valence-electron chi connectivity index (χ4n) is 2.30. The van der Waals surface area contributed by atoms with Crippen LogP contribution < -0.4 is 0 Å². The van der Waals surface area contributed by atoms with Crippen molar-refractivity contribution in [2.24, 2.45) is 5.92 Å². The van der Waals surface area contributed by atoms with Crippen LogP contribution in [0.4, 0.5) is 0 Å². The molecule has 6 heteroatoms. The SMILES string of the molecule is CO[C@@H]1C(CS)[C@H](CC=O)O[C@@H]1CC(O)CO. The smallest absolute Gasteiger partial charge is 0.122 e. The van der Waals surface area contributed by atoms with Gasteiger partial charge in [0.05, 0.1) is 31.0 Å². The molecule has 1 aliphatic rings.